The van der Waals surface area contributed by atoms with Crippen molar-refractivity contribution in [1.29, 1.82) is 5.26 Å². The first-order chi connectivity index (χ1) is 7.40. The van der Waals surface area contributed by atoms with Crippen molar-refractivity contribution in [3.05, 3.63) is 12.3 Å². The number of carbonyl (C=O) groups excluding carboxylic acids is 1. The van der Waals surface area contributed by atoms with Crippen LogP contribution in [-0.4, -0.2) is 15.7 Å². The van der Waals surface area contributed by atoms with E-state index < -0.39 is 0 Å². The van der Waals surface area contributed by atoms with Crippen LogP contribution in [0.4, 0.5) is 5.82 Å². The summed E-state index contributed by atoms with van der Waals surface area (Å²) in [5.41, 5.74) is -0.0424. The van der Waals surface area contributed by atoms with Gasteiger partial charge >= 0.3 is 0 Å². The Morgan fingerprint density at radius 1 is 1.62 bits per heavy atom. The summed E-state index contributed by atoms with van der Waals surface area (Å²) < 4.78 is 1.48. The molecule has 86 valence electrons. The number of nitriles is 1. The van der Waals surface area contributed by atoms with E-state index in [1.165, 1.54) is 4.68 Å². The summed E-state index contributed by atoms with van der Waals surface area (Å²) in [5.74, 6) is 0.430. The van der Waals surface area contributed by atoms with Gasteiger partial charge in [-0.15, -0.1) is 0 Å². The Labute approximate surface area is 95.1 Å². The van der Waals surface area contributed by atoms with Gasteiger partial charge in [0.25, 0.3) is 0 Å². The van der Waals surface area contributed by atoms with Crippen LogP contribution in [0.25, 0.3) is 0 Å². The molecule has 0 bridgehead atoms. The Kier molecular flexibility index (Phi) is 3.67. The summed E-state index contributed by atoms with van der Waals surface area (Å²) >= 11 is 0. The molecule has 1 aromatic heterocycles. The number of aromatic nitrogens is 2. The SMILES string of the molecule is CC(C)(C)CC(=O)Nc1ccn(CC#N)n1. The smallest absolute Gasteiger partial charge is 0.226 e. The lowest BCUT2D eigenvalue weighted by atomic mass is 9.92. The van der Waals surface area contributed by atoms with Crippen molar-refractivity contribution >= 4 is 11.7 Å². The number of carbonyl (C=O) groups is 1. The third kappa shape index (κ3) is 4.13. The molecule has 5 nitrogen and oxygen atoms in total. The van der Waals surface area contributed by atoms with Crippen LogP contribution in [0.5, 0.6) is 0 Å². The molecule has 0 aliphatic heterocycles. The zero-order valence-electron chi connectivity index (χ0n) is 9.82. The van der Waals surface area contributed by atoms with E-state index in [2.05, 4.69) is 10.4 Å². The van der Waals surface area contributed by atoms with Gasteiger partial charge in [0.2, 0.25) is 5.91 Å². The highest BCUT2D eigenvalue weighted by Crippen LogP contribution is 2.19. The van der Waals surface area contributed by atoms with Gasteiger partial charge in [0, 0.05) is 18.7 Å². The molecule has 0 unspecified atom stereocenters. The molecule has 0 atom stereocenters. The van der Waals surface area contributed by atoms with Crippen LogP contribution < -0.4 is 5.32 Å². The van der Waals surface area contributed by atoms with E-state index in [-0.39, 0.29) is 17.9 Å². The van der Waals surface area contributed by atoms with Crippen LogP contribution in [0.1, 0.15) is 27.2 Å². The highest BCUT2D eigenvalue weighted by atomic mass is 16.1. The molecule has 1 N–H and O–H groups in total. The number of hydrogen-bond donors (Lipinski definition) is 1. The minimum absolute atomic E-state index is 0.0424. The number of anilines is 1. The van der Waals surface area contributed by atoms with Gasteiger partial charge in [0.05, 0.1) is 6.07 Å². The van der Waals surface area contributed by atoms with Crippen LogP contribution >= 0.6 is 0 Å². The van der Waals surface area contributed by atoms with Crippen molar-refractivity contribution in [3.63, 3.8) is 0 Å². The lowest BCUT2D eigenvalue weighted by molar-refractivity contribution is -0.117. The van der Waals surface area contributed by atoms with E-state index in [1.807, 2.05) is 26.8 Å². The van der Waals surface area contributed by atoms with Crippen molar-refractivity contribution in [2.75, 3.05) is 5.32 Å². The number of hydrogen-bond acceptors (Lipinski definition) is 3. The van der Waals surface area contributed by atoms with Gasteiger partial charge in [-0.3, -0.25) is 9.48 Å². The van der Waals surface area contributed by atoms with Gasteiger partial charge in [-0.2, -0.15) is 10.4 Å². The third-order valence-electron chi connectivity index (χ3n) is 1.83. The second-order valence-corrected chi connectivity index (χ2v) is 4.84. The molecule has 0 aromatic carbocycles. The maximum atomic E-state index is 11.6. The fourth-order valence-electron chi connectivity index (χ4n) is 1.26. The topological polar surface area (TPSA) is 70.7 Å². The van der Waals surface area contributed by atoms with Crippen LogP contribution in [-0.2, 0) is 11.3 Å². The van der Waals surface area contributed by atoms with Crippen LogP contribution in [0.3, 0.4) is 0 Å². The molecule has 0 radical (unpaired) electrons. The second-order valence-electron chi connectivity index (χ2n) is 4.84. The van der Waals surface area contributed by atoms with Crippen molar-refractivity contribution in [2.24, 2.45) is 5.41 Å². The van der Waals surface area contributed by atoms with Crippen molar-refractivity contribution < 1.29 is 4.79 Å². The van der Waals surface area contributed by atoms with E-state index in [1.54, 1.807) is 12.3 Å². The number of nitrogens with one attached hydrogen (secondary N) is 1. The van der Waals surface area contributed by atoms with Gasteiger partial charge in [0.1, 0.15) is 6.54 Å². The first-order valence-corrected chi connectivity index (χ1v) is 5.11. The maximum Gasteiger partial charge on any atom is 0.226 e. The van der Waals surface area contributed by atoms with E-state index in [0.717, 1.165) is 0 Å². The van der Waals surface area contributed by atoms with Crippen molar-refractivity contribution in [1.82, 2.24) is 9.78 Å². The van der Waals surface area contributed by atoms with Crippen LogP contribution in [0, 0.1) is 16.7 Å². The molecule has 0 aliphatic rings. The van der Waals surface area contributed by atoms with Gasteiger partial charge in [-0.25, -0.2) is 0 Å². The zero-order valence-corrected chi connectivity index (χ0v) is 9.82. The Bertz CT molecular complexity index is 408. The van der Waals surface area contributed by atoms with Crippen LogP contribution in [0.2, 0.25) is 0 Å². The molecule has 1 heterocycles. The zero-order chi connectivity index (χ0) is 12.2. The maximum absolute atomic E-state index is 11.6. The summed E-state index contributed by atoms with van der Waals surface area (Å²) in [6, 6.07) is 3.66. The number of nitrogens with zero attached hydrogens (tertiary/aromatic N) is 3. The fraction of sp³-hybridized carbons (Fsp3) is 0.545. The van der Waals surface area contributed by atoms with Gasteiger partial charge in [0.15, 0.2) is 5.82 Å². The van der Waals surface area contributed by atoms with E-state index in [4.69, 9.17) is 5.26 Å². The molecule has 0 spiro atoms. The summed E-state index contributed by atoms with van der Waals surface area (Å²) in [5, 5.41) is 15.2. The molecule has 1 aromatic rings. The van der Waals surface area contributed by atoms with Gasteiger partial charge in [-0.05, 0) is 5.41 Å². The quantitative estimate of drug-likeness (QED) is 0.844. The fourth-order valence-corrected chi connectivity index (χ4v) is 1.26. The van der Waals surface area contributed by atoms with E-state index in [0.29, 0.717) is 12.2 Å². The minimum Gasteiger partial charge on any atom is -0.309 e. The lowest BCUT2D eigenvalue weighted by Crippen LogP contribution is -2.20. The molecule has 16 heavy (non-hydrogen) atoms. The summed E-state index contributed by atoms with van der Waals surface area (Å²) in [6.45, 7) is 6.19. The highest BCUT2D eigenvalue weighted by Gasteiger charge is 2.16. The Hall–Kier alpha value is -1.83. The molecular weight excluding hydrogens is 204 g/mol. The lowest BCUT2D eigenvalue weighted by Gasteiger charge is -2.16. The van der Waals surface area contributed by atoms with Crippen LogP contribution in [0.15, 0.2) is 12.3 Å². The molecule has 5 heteroatoms. The summed E-state index contributed by atoms with van der Waals surface area (Å²) in [6.07, 6.45) is 2.11. The Morgan fingerprint density at radius 2 is 2.31 bits per heavy atom. The second kappa shape index (κ2) is 4.79. The average Bonchev–Trinajstić information content (AvgIpc) is 2.49. The van der Waals surface area contributed by atoms with Gasteiger partial charge < -0.3 is 5.32 Å². The summed E-state index contributed by atoms with van der Waals surface area (Å²) in [4.78, 5) is 11.6. The Balaban J connectivity index is 2.54. The average molecular weight is 220 g/mol. The largest absolute Gasteiger partial charge is 0.309 e. The molecule has 0 fully saturated rings. The van der Waals surface area contributed by atoms with E-state index in [9.17, 15) is 4.79 Å². The van der Waals surface area contributed by atoms with E-state index >= 15 is 0 Å². The molecule has 0 saturated carbocycles. The van der Waals surface area contributed by atoms with Crippen molar-refractivity contribution in [2.45, 2.75) is 33.7 Å². The molecule has 0 saturated heterocycles. The molecular formula is C11H16N4O. The standard InChI is InChI=1S/C11H16N4O/c1-11(2,3)8-10(16)13-9-4-6-15(14-9)7-5-12/h4,6H,7-8H2,1-3H3,(H,13,14,16). The van der Waals surface area contributed by atoms with Crippen molar-refractivity contribution in [3.8, 4) is 6.07 Å². The monoisotopic (exact) mass is 220 g/mol. The normalized spacial score (nSPS) is 10.9. The third-order valence-corrected chi connectivity index (χ3v) is 1.83. The first kappa shape index (κ1) is 12.2. The molecule has 1 amide bonds. The highest BCUT2D eigenvalue weighted by molar-refractivity contribution is 5.90. The number of rotatable bonds is 3. The molecule has 0 aliphatic carbocycles. The predicted octanol–water partition coefficient (Wildman–Crippen LogP) is 1.78. The number of amides is 1. The molecule has 1 rings (SSSR count). The summed E-state index contributed by atoms with van der Waals surface area (Å²) in [7, 11) is 0. The predicted molar refractivity (Wildman–Crippen MR) is 60.5 cm³/mol. The Morgan fingerprint density at radius 3 is 2.88 bits per heavy atom. The van der Waals surface area contributed by atoms with Gasteiger partial charge in [-0.1, -0.05) is 20.8 Å². The first-order valence-electron chi connectivity index (χ1n) is 5.11. The minimum atomic E-state index is -0.0605.